The summed E-state index contributed by atoms with van der Waals surface area (Å²) in [6.45, 7) is 1.63. The minimum Gasteiger partial charge on any atom is -0.374 e. The van der Waals surface area contributed by atoms with Crippen molar-refractivity contribution in [2.75, 3.05) is 13.1 Å². The second-order valence-corrected chi connectivity index (χ2v) is 9.62. The van der Waals surface area contributed by atoms with Crippen LogP contribution in [0.5, 0.6) is 0 Å². The van der Waals surface area contributed by atoms with Crippen LogP contribution < -0.4 is 5.32 Å². The Morgan fingerprint density at radius 1 is 1.25 bits per heavy atom. The molecule has 2 amide bonds. The van der Waals surface area contributed by atoms with Crippen LogP contribution in [0, 0.1) is 24.1 Å². The number of halogens is 8. The van der Waals surface area contributed by atoms with E-state index in [9.17, 15) is 40.3 Å². The van der Waals surface area contributed by atoms with Gasteiger partial charge in [0.25, 0.3) is 11.5 Å². The average molecular weight is 591 g/mol. The monoisotopic (exact) mass is 590 g/mol. The molecule has 0 bridgehead atoms. The number of carbonyl (C=O) groups is 2. The summed E-state index contributed by atoms with van der Waals surface area (Å²) in [6, 6.07) is 4.98. The van der Waals surface area contributed by atoms with Crippen molar-refractivity contribution in [3.63, 3.8) is 0 Å². The highest BCUT2D eigenvalue weighted by molar-refractivity contribution is 6.30. The number of rotatable bonds is 5. The number of alkyl halides is 6. The lowest BCUT2D eigenvalue weighted by atomic mass is 9.85. The van der Waals surface area contributed by atoms with Crippen LogP contribution in [-0.2, 0) is 21.4 Å². The number of amides is 2. The molecule has 0 radical (unpaired) electrons. The molecule has 4 rings (SSSR count). The van der Waals surface area contributed by atoms with Gasteiger partial charge in [-0.1, -0.05) is 22.8 Å². The third-order valence-electron chi connectivity index (χ3n) is 6.65. The van der Waals surface area contributed by atoms with Gasteiger partial charge in [0.1, 0.15) is 18.4 Å². The molecule has 0 spiro atoms. The minimum atomic E-state index is -5.41. The summed E-state index contributed by atoms with van der Waals surface area (Å²) < 4.78 is 97.5. The fraction of sp³-hybridized carbons (Fsp3) is 0.360. The topological polar surface area (TPSA) is 94.8 Å². The summed E-state index contributed by atoms with van der Waals surface area (Å²) in [4.78, 5) is 31.0. The third-order valence-corrected chi connectivity index (χ3v) is 6.92. The van der Waals surface area contributed by atoms with E-state index in [2.05, 4.69) is 15.3 Å². The zero-order valence-corrected chi connectivity index (χ0v) is 21.1. The number of likely N-dealkylation sites (tertiary alicyclic amines) is 1. The lowest BCUT2D eigenvalue weighted by Gasteiger charge is -2.30. The van der Waals surface area contributed by atoms with Gasteiger partial charge in [0.15, 0.2) is 0 Å². The van der Waals surface area contributed by atoms with Crippen LogP contribution in [0.2, 0.25) is 5.02 Å². The molecular weight excluding hydrogens is 573 g/mol. The Morgan fingerprint density at radius 2 is 1.95 bits per heavy atom. The number of hydrogen-bond acceptors (Lipinski definition) is 5. The van der Waals surface area contributed by atoms with Gasteiger partial charge in [-0.05, 0) is 48.7 Å². The molecule has 2 atom stereocenters. The standard InChI is InChI=1S/C25H18ClF7N4O3/c1-12-8-13(2-3-15(12)21(38)35-18-4-6-37(7-5-34)22(18)39)19-11-23(40-36-19,25(31,32)33)16-9-14(24(28,29)30)10-17(26)20(16)27/h2-3,8-10,18H,4,6-7,11H2,1H3,(H,35,38)/t18-,23-/m1/s1. The van der Waals surface area contributed by atoms with Gasteiger partial charge >= 0.3 is 12.4 Å². The van der Waals surface area contributed by atoms with Gasteiger partial charge in [-0.3, -0.25) is 9.59 Å². The lowest BCUT2D eigenvalue weighted by Crippen LogP contribution is -2.43. The zero-order valence-electron chi connectivity index (χ0n) is 20.4. The molecule has 15 heteroatoms. The zero-order chi connectivity index (χ0) is 29.6. The van der Waals surface area contributed by atoms with Crippen LogP contribution in [0.3, 0.4) is 0 Å². The van der Waals surface area contributed by atoms with E-state index in [0.717, 1.165) is 0 Å². The maximum atomic E-state index is 14.8. The van der Waals surface area contributed by atoms with E-state index in [1.54, 1.807) is 0 Å². The van der Waals surface area contributed by atoms with E-state index in [4.69, 9.17) is 16.9 Å². The molecule has 0 unspecified atom stereocenters. The molecule has 2 aliphatic heterocycles. The molecule has 2 aliphatic rings. The number of nitrogens with zero attached hydrogens (tertiary/aromatic N) is 3. The van der Waals surface area contributed by atoms with Gasteiger partial charge in [-0.25, -0.2) is 4.39 Å². The molecule has 0 aliphatic carbocycles. The van der Waals surface area contributed by atoms with Gasteiger partial charge in [-0.2, -0.15) is 31.6 Å². The van der Waals surface area contributed by atoms with Crippen molar-refractivity contribution in [1.29, 1.82) is 5.26 Å². The Balaban J connectivity index is 1.61. The van der Waals surface area contributed by atoms with Gasteiger partial charge < -0.3 is 15.1 Å². The summed E-state index contributed by atoms with van der Waals surface area (Å²) >= 11 is 5.52. The Hall–Kier alpha value is -3.86. The molecule has 0 aromatic heterocycles. The SMILES string of the molecule is Cc1cc(C2=NO[C@](c3cc(C(F)(F)F)cc(Cl)c3F)(C(F)(F)F)C2)ccc1C(=O)N[C@@H]1CCN(CC#N)C1=O. The van der Waals surface area contributed by atoms with Gasteiger partial charge in [-0.15, -0.1) is 0 Å². The number of oxime groups is 1. The van der Waals surface area contributed by atoms with Crippen molar-refractivity contribution in [1.82, 2.24) is 10.2 Å². The summed E-state index contributed by atoms with van der Waals surface area (Å²) in [6.07, 6.45) is -11.4. The number of nitriles is 1. The fourth-order valence-corrected chi connectivity index (χ4v) is 4.75. The highest BCUT2D eigenvalue weighted by atomic mass is 35.5. The first-order valence-electron chi connectivity index (χ1n) is 11.5. The molecule has 212 valence electrons. The molecule has 2 aromatic carbocycles. The summed E-state index contributed by atoms with van der Waals surface area (Å²) in [7, 11) is 0. The Kier molecular flexibility index (Phi) is 7.48. The van der Waals surface area contributed by atoms with Crippen LogP contribution in [-0.4, -0.2) is 47.7 Å². The van der Waals surface area contributed by atoms with Crippen LogP contribution >= 0.6 is 11.6 Å². The molecule has 2 heterocycles. The molecule has 1 saturated heterocycles. The van der Waals surface area contributed by atoms with E-state index in [1.165, 1.54) is 30.0 Å². The Morgan fingerprint density at radius 3 is 2.55 bits per heavy atom. The van der Waals surface area contributed by atoms with E-state index in [1.807, 2.05) is 6.07 Å². The number of carbonyl (C=O) groups excluding carboxylic acids is 2. The third kappa shape index (κ3) is 5.17. The molecular formula is C25H18ClF7N4O3. The predicted molar refractivity (Wildman–Crippen MR) is 126 cm³/mol. The van der Waals surface area contributed by atoms with Gasteiger partial charge in [0.2, 0.25) is 5.91 Å². The van der Waals surface area contributed by atoms with Crippen molar-refractivity contribution in [3.8, 4) is 6.07 Å². The van der Waals surface area contributed by atoms with Crippen molar-refractivity contribution >= 4 is 29.1 Å². The number of hydrogen-bond donors (Lipinski definition) is 1. The average Bonchev–Trinajstić information content (AvgIpc) is 3.46. The fourth-order valence-electron chi connectivity index (χ4n) is 4.53. The van der Waals surface area contributed by atoms with Gasteiger partial charge in [0.05, 0.1) is 28.8 Å². The Labute approximate surface area is 227 Å². The predicted octanol–water partition coefficient (Wildman–Crippen LogP) is 5.24. The van der Waals surface area contributed by atoms with Crippen molar-refractivity contribution < 1.29 is 45.2 Å². The van der Waals surface area contributed by atoms with Crippen LogP contribution in [0.1, 0.15) is 45.5 Å². The maximum Gasteiger partial charge on any atom is 0.435 e. The van der Waals surface area contributed by atoms with Gasteiger partial charge in [0, 0.05) is 17.7 Å². The first kappa shape index (κ1) is 29.1. The largest absolute Gasteiger partial charge is 0.435 e. The Bertz CT molecular complexity index is 1450. The highest BCUT2D eigenvalue weighted by Crippen LogP contribution is 2.51. The summed E-state index contributed by atoms with van der Waals surface area (Å²) in [5.74, 6) is -2.80. The summed E-state index contributed by atoms with van der Waals surface area (Å²) in [5.41, 5.74) is -6.63. The number of nitrogens with one attached hydrogen (secondary N) is 1. The second-order valence-electron chi connectivity index (χ2n) is 9.21. The van der Waals surface area contributed by atoms with Crippen molar-refractivity contribution in [3.05, 3.63) is 69.0 Å². The molecule has 2 aromatic rings. The molecule has 7 nitrogen and oxygen atoms in total. The van der Waals surface area contributed by atoms with E-state index < -0.39 is 64.2 Å². The second kappa shape index (κ2) is 10.3. The van der Waals surface area contributed by atoms with Crippen molar-refractivity contribution in [2.24, 2.45) is 5.16 Å². The van der Waals surface area contributed by atoms with Crippen LogP contribution in [0.4, 0.5) is 30.7 Å². The number of aryl methyl sites for hydroxylation is 1. The van der Waals surface area contributed by atoms with E-state index in [-0.39, 0.29) is 54.0 Å². The van der Waals surface area contributed by atoms with E-state index in [0.29, 0.717) is 0 Å². The smallest absolute Gasteiger partial charge is 0.374 e. The minimum absolute atomic E-state index is 0.00604. The van der Waals surface area contributed by atoms with Crippen molar-refractivity contribution in [2.45, 2.75) is 43.8 Å². The molecule has 1 fully saturated rings. The first-order chi connectivity index (χ1) is 18.6. The van der Waals surface area contributed by atoms with Crippen LogP contribution in [0.15, 0.2) is 35.5 Å². The van der Waals surface area contributed by atoms with E-state index >= 15 is 0 Å². The highest BCUT2D eigenvalue weighted by Gasteiger charge is 2.64. The van der Waals surface area contributed by atoms with Crippen LogP contribution in [0.25, 0.3) is 0 Å². The maximum absolute atomic E-state index is 14.8. The molecule has 1 N–H and O–H groups in total. The normalized spacial score (nSPS) is 21.2. The lowest BCUT2D eigenvalue weighted by molar-refractivity contribution is -0.276. The summed E-state index contributed by atoms with van der Waals surface area (Å²) in [5, 5.41) is 13.6. The first-order valence-corrected chi connectivity index (χ1v) is 11.9. The quantitative estimate of drug-likeness (QED) is 0.381. The number of benzene rings is 2. The molecule has 0 saturated carbocycles. The molecule has 40 heavy (non-hydrogen) atoms.